The maximum absolute atomic E-state index is 14.0. The number of ether oxygens (including phenoxy) is 2. The molecule has 42 heavy (non-hydrogen) atoms. The minimum atomic E-state index is -0.854. The standard InChI is InChI=1S/C29H21Cl2N3O6S2/c1-39-18-9-7-17(8-10-18)34-27(36)23-22(24-26(33-29(38)42-24)41-25(23)28(34)37)19-12-15(31)4-11-20(19)40-13-21(35)32-16-5-2-14(30)3-6-16/h2-12,22-23,25H,13H2,1H3,(H,32,35)(H,33,38). The molecule has 3 heterocycles. The number of nitrogens with one attached hydrogen (secondary N) is 2. The number of carbonyl (C=O) groups excluding carboxylic acids is 3. The fourth-order valence-electron chi connectivity index (χ4n) is 5.11. The van der Waals surface area contributed by atoms with E-state index in [1.807, 2.05) is 0 Å². The second-order valence-corrected chi connectivity index (χ2v) is 12.5. The Morgan fingerprint density at radius 2 is 1.69 bits per heavy atom. The zero-order valence-corrected chi connectivity index (χ0v) is 24.9. The van der Waals surface area contributed by atoms with Gasteiger partial charge in [-0.25, -0.2) is 4.90 Å². The number of hydrogen-bond donors (Lipinski definition) is 2. The first-order chi connectivity index (χ1) is 20.2. The summed E-state index contributed by atoms with van der Waals surface area (Å²) < 4.78 is 11.2. The van der Waals surface area contributed by atoms with E-state index in [1.54, 1.807) is 66.7 Å². The Balaban J connectivity index is 1.35. The van der Waals surface area contributed by atoms with Gasteiger partial charge in [0, 0.05) is 32.1 Å². The minimum Gasteiger partial charge on any atom is -0.497 e. The molecule has 3 atom stereocenters. The molecule has 3 amide bonds. The Morgan fingerprint density at radius 1 is 0.976 bits per heavy atom. The predicted octanol–water partition coefficient (Wildman–Crippen LogP) is 5.57. The second-order valence-electron chi connectivity index (χ2n) is 9.49. The van der Waals surface area contributed by atoms with Crippen LogP contribution < -0.4 is 24.6 Å². The third-order valence-corrected chi connectivity index (χ3v) is 9.84. The van der Waals surface area contributed by atoms with Gasteiger partial charge >= 0.3 is 4.87 Å². The van der Waals surface area contributed by atoms with Crippen LogP contribution >= 0.6 is 46.3 Å². The number of imide groups is 1. The third-order valence-electron chi connectivity index (χ3n) is 6.95. The summed E-state index contributed by atoms with van der Waals surface area (Å²) >= 11 is 14.5. The first kappa shape index (κ1) is 28.4. The molecule has 0 radical (unpaired) electrons. The number of thioether (sulfide) groups is 1. The summed E-state index contributed by atoms with van der Waals surface area (Å²) in [5, 5.41) is 3.36. The topological polar surface area (TPSA) is 118 Å². The van der Waals surface area contributed by atoms with Crippen LogP contribution in [0, 0.1) is 5.92 Å². The van der Waals surface area contributed by atoms with Crippen LogP contribution in [-0.2, 0) is 14.4 Å². The van der Waals surface area contributed by atoms with Crippen LogP contribution in [0.1, 0.15) is 16.4 Å². The van der Waals surface area contributed by atoms with E-state index in [2.05, 4.69) is 10.3 Å². The molecule has 0 bridgehead atoms. The van der Waals surface area contributed by atoms with Crippen LogP contribution in [0.15, 0.2) is 76.6 Å². The number of anilines is 2. The zero-order valence-electron chi connectivity index (χ0n) is 21.8. The average molecular weight is 643 g/mol. The number of aromatic nitrogens is 1. The van der Waals surface area contributed by atoms with Crippen molar-refractivity contribution >= 4 is 75.4 Å². The van der Waals surface area contributed by atoms with E-state index in [-0.39, 0.29) is 11.5 Å². The summed E-state index contributed by atoms with van der Waals surface area (Å²) in [7, 11) is 1.53. The minimum absolute atomic E-state index is 0.302. The van der Waals surface area contributed by atoms with Crippen molar-refractivity contribution in [1.29, 1.82) is 0 Å². The molecule has 9 nitrogen and oxygen atoms in total. The molecule has 6 rings (SSSR count). The van der Waals surface area contributed by atoms with E-state index in [4.69, 9.17) is 32.7 Å². The molecule has 0 aliphatic carbocycles. The van der Waals surface area contributed by atoms with Gasteiger partial charge in [0.05, 0.1) is 23.7 Å². The van der Waals surface area contributed by atoms with Gasteiger partial charge in [-0.05, 0) is 66.7 Å². The number of amides is 3. The molecule has 2 N–H and O–H groups in total. The highest BCUT2D eigenvalue weighted by Crippen LogP contribution is 2.54. The van der Waals surface area contributed by atoms with E-state index < -0.39 is 34.8 Å². The predicted molar refractivity (Wildman–Crippen MR) is 162 cm³/mol. The van der Waals surface area contributed by atoms with Crippen molar-refractivity contribution in [2.45, 2.75) is 16.2 Å². The lowest BCUT2D eigenvalue weighted by atomic mass is 9.82. The molecule has 214 valence electrons. The van der Waals surface area contributed by atoms with Crippen molar-refractivity contribution in [2.75, 3.05) is 23.9 Å². The normalized spacial score (nSPS) is 19.3. The lowest BCUT2D eigenvalue weighted by Gasteiger charge is -2.31. The number of benzene rings is 3. The molecule has 3 unspecified atom stereocenters. The van der Waals surface area contributed by atoms with E-state index in [0.717, 1.165) is 11.3 Å². The Bertz CT molecular complexity index is 1760. The lowest BCUT2D eigenvalue weighted by Crippen LogP contribution is -2.32. The van der Waals surface area contributed by atoms with Gasteiger partial charge in [0.25, 0.3) is 5.91 Å². The molecule has 2 aliphatic rings. The number of hydrogen-bond acceptors (Lipinski definition) is 8. The van der Waals surface area contributed by atoms with Gasteiger partial charge in [-0.2, -0.15) is 0 Å². The second kappa shape index (κ2) is 11.5. The van der Waals surface area contributed by atoms with Gasteiger partial charge < -0.3 is 19.8 Å². The number of halogens is 2. The molecular weight excluding hydrogens is 621 g/mol. The number of carbonyl (C=O) groups is 3. The average Bonchev–Trinajstić information content (AvgIpc) is 3.47. The maximum Gasteiger partial charge on any atom is 0.305 e. The number of rotatable bonds is 7. The summed E-state index contributed by atoms with van der Waals surface area (Å²) in [4.78, 5) is 57.2. The summed E-state index contributed by atoms with van der Waals surface area (Å²) in [5.74, 6) is -1.92. The van der Waals surface area contributed by atoms with Crippen LogP contribution in [-0.4, -0.2) is 41.7 Å². The van der Waals surface area contributed by atoms with Gasteiger partial charge in [-0.1, -0.05) is 46.3 Å². The monoisotopic (exact) mass is 641 g/mol. The summed E-state index contributed by atoms with van der Waals surface area (Å²) in [5.41, 5.74) is 1.45. The summed E-state index contributed by atoms with van der Waals surface area (Å²) in [6.45, 7) is -0.339. The molecule has 0 saturated carbocycles. The molecule has 1 saturated heterocycles. The Kier molecular flexibility index (Phi) is 7.75. The quantitative estimate of drug-likeness (QED) is 0.254. The van der Waals surface area contributed by atoms with E-state index >= 15 is 0 Å². The van der Waals surface area contributed by atoms with Crippen molar-refractivity contribution in [3.8, 4) is 11.5 Å². The van der Waals surface area contributed by atoms with Crippen LogP contribution in [0.2, 0.25) is 10.0 Å². The van der Waals surface area contributed by atoms with Crippen molar-refractivity contribution in [1.82, 2.24) is 4.98 Å². The molecule has 4 aromatic rings. The molecule has 0 spiro atoms. The van der Waals surface area contributed by atoms with E-state index in [0.29, 0.717) is 48.4 Å². The Labute approximate surface area is 257 Å². The highest BCUT2D eigenvalue weighted by molar-refractivity contribution is 8.00. The SMILES string of the molecule is COc1ccc(N2C(=O)C3Sc4[nH]c(=O)sc4C(c4cc(Cl)ccc4OCC(=O)Nc4ccc(Cl)cc4)C3C2=O)cc1. The van der Waals surface area contributed by atoms with Crippen molar-refractivity contribution in [3.63, 3.8) is 0 Å². The summed E-state index contributed by atoms with van der Waals surface area (Å²) in [6.07, 6.45) is 0. The van der Waals surface area contributed by atoms with Gasteiger partial charge in [0.1, 0.15) is 16.7 Å². The van der Waals surface area contributed by atoms with Gasteiger partial charge in [0.2, 0.25) is 11.8 Å². The number of H-pyrrole nitrogens is 1. The molecule has 1 fully saturated rings. The number of fused-ring (bicyclic) bond motifs is 2. The van der Waals surface area contributed by atoms with Crippen molar-refractivity contribution < 1.29 is 23.9 Å². The maximum atomic E-state index is 14.0. The fourth-order valence-corrected chi connectivity index (χ4v) is 7.92. The molecule has 1 aromatic heterocycles. The number of thiazole rings is 1. The Morgan fingerprint density at radius 3 is 2.40 bits per heavy atom. The van der Waals surface area contributed by atoms with Crippen LogP contribution in [0.25, 0.3) is 0 Å². The smallest absolute Gasteiger partial charge is 0.305 e. The van der Waals surface area contributed by atoms with Gasteiger partial charge in [0.15, 0.2) is 6.61 Å². The summed E-state index contributed by atoms with van der Waals surface area (Å²) in [6, 6.07) is 18.2. The third kappa shape index (κ3) is 5.29. The van der Waals surface area contributed by atoms with Crippen LogP contribution in [0.4, 0.5) is 11.4 Å². The molecule has 13 heteroatoms. The van der Waals surface area contributed by atoms with Gasteiger partial charge in [-0.15, -0.1) is 0 Å². The molecular formula is C29H21Cl2N3O6S2. The number of nitrogens with zero attached hydrogens (tertiary/aromatic N) is 1. The van der Waals surface area contributed by atoms with Gasteiger partial charge in [-0.3, -0.25) is 19.2 Å². The zero-order chi connectivity index (χ0) is 29.5. The van der Waals surface area contributed by atoms with E-state index in [1.165, 1.54) is 23.8 Å². The molecule has 2 aliphatic heterocycles. The lowest BCUT2D eigenvalue weighted by molar-refractivity contribution is -0.122. The first-order valence-corrected chi connectivity index (χ1v) is 15.1. The van der Waals surface area contributed by atoms with Crippen LogP contribution in [0.5, 0.6) is 11.5 Å². The van der Waals surface area contributed by atoms with Crippen molar-refractivity contribution in [2.24, 2.45) is 5.92 Å². The van der Waals surface area contributed by atoms with E-state index in [9.17, 15) is 19.2 Å². The highest BCUT2D eigenvalue weighted by atomic mass is 35.5. The number of aromatic amines is 1. The van der Waals surface area contributed by atoms with Crippen molar-refractivity contribution in [3.05, 3.63) is 96.9 Å². The fraction of sp³-hybridized carbons (Fsp3) is 0.172. The van der Waals surface area contributed by atoms with Crippen LogP contribution in [0.3, 0.4) is 0 Å². The Hall–Kier alpha value is -3.77. The first-order valence-electron chi connectivity index (χ1n) is 12.6. The highest BCUT2D eigenvalue weighted by Gasteiger charge is 2.56. The number of methoxy groups -OCH3 is 1. The molecule has 3 aromatic carbocycles. The largest absolute Gasteiger partial charge is 0.497 e.